The fraction of sp³-hybridized carbons (Fsp3) is 0.261. The largest absolute Gasteiger partial charge is 0.494 e. The van der Waals surface area contributed by atoms with Crippen molar-refractivity contribution in [1.82, 2.24) is 14.2 Å². The molecule has 3 heterocycles. The number of hydrogen-bond acceptors (Lipinski definition) is 2. The molecule has 0 fully saturated rings. The number of hydrogen-bond donors (Lipinski definition) is 0. The summed E-state index contributed by atoms with van der Waals surface area (Å²) in [5, 5.41) is 6.16. The third-order valence-corrected chi connectivity index (χ3v) is 6.03. The molecule has 5 rings (SSSR count). The van der Waals surface area contributed by atoms with E-state index in [1.807, 2.05) is 35.7 Å². The highest BCUT2D eigenvalue weighted by atomic mass is 35.5. The number of ether oxygens (including phenoxy) is 1. The SMILES string of the molecule is CCOc1ccc(-c2cn3nc(-c4ccc(Cl)cc4Cl)n4c3c2CCCC4)cc1. The summed E-state index contributed by atoms with van der Waals surface area (Å²) >= 11 is 12.6. The van der Waals surface area contributed by atoms with E-state index in [-0.39, 0.29) is 0 Å². The summed E-state index contributed by atoms with van der Waals surface area (Å²) in [7, 11) is 0. The van der Waals surface area contributed by atoms with E-state index in [2.05, 4.69) is 22.9 Å². The molecule has 0 spiro atoms. The van der Waals surface area contributed by atoms with Crippen LogP contribution >= 0.6 is 23.2 Å². The van der Waals surface area contributed by atoms with Crippen molar-refractivity contribution in [1.29, 1.82) is 0 Å². The van der Waals surface area contributed by atoms with Crippen molar-refractivity contribution < 1.29 is 4.74 Å². The van der Waals surface area contributed by atoms with E-state index in [0.29, 0.717) is 16.7 Å². The van der Waals surface area contributed by atoms with Crippen LogP contribution in [0.4, 0.5) is 0 Å². The van der Waals surface area contributed by atoms with Crippen molar-refractivity contribution in [3.05, 3.63) is 64.3 Å². The lowest BCUT2D eigenvalue weighted by Crippen LogP contribution is -2.00. The Morgan fingerprint density at radius 2 is 1.86 bits per heavy atom. The molecule has 4 aromatic rings. The first-order chi connectivity index (χ1) is 14.2. The Hall–Kier alpha value is -2.43. The summed E-state index contributed by atoms with van der Waals surface area (Å²) < 4.78 is 9.90. The lowest BCUT2D eigenvalue weighted by molar-refractivity contribution is 0.340. The molecule has 2 aromatic heterocycles. The lowest BCUT2D eigenvalue weighted by atomic mass is 10.0. The van der Waals surface area contributed by atoms with Gasteiger partial charge in [-0.25, -0.2) is 4.52 Å². The summed E-state index contributed by atoms with van der Waals surface area (Å²) in [6.45, 7) is 3.60. The van der Waals surface area contributed by atoms with Gasteiger partial charge < -0.3 is 9.30 Å². The molecule has 4 nitrogen and oxygen atoms in total. The number of rotatable bonds is 4. The third-order valence-electron chi connectivity index (χ3n) is 5.48. The highest BCUT2D eigenvalue weighted by Gasteiger charge is 2.23. The molecule has 1 aliphatic rings. The molecular weight excluding hydrogens is 405 g/mol. The maximum atomic E-state index is 6.49. The standard InChI is InChI=1S/C23H21Cl2N3O/c1-2-29-17-9-6-15(7-10-17)20-14-28-23-18(20)5-3-4-12-27(23)22(26-28)19-11-8-16(24)13-21(19)25/h6-11,13-14H,2-5,12H2,1H3. The number of aryl methyl sites for hydroxylation is 2. The molecule has 0 bridgehead atoms. The summed E-state index contributed by atoms with van der Waals surface area (Å²) in [5.74, 6) is 1.79. The van der Waals surface area contributed by atoms with Crippen LogP contribution in [0.2, 0.25) is 10.0 Å². The third kappa shape index (κ3) is 3.21. The lowest BCUT2D eigenvalue weighted by Gasteiger charge is -2.08. The first-order valence-electron chi connectivity index (χ1n) is 9.95. The van der Waals surface area contributed by atoms with E-state index in [0.717, 1.165) is 48.6 Å². The van der Waals surface area contributed by atoms with Crippen LogP contribution in [-0.2, 0) is 13.0 Å². The van der Waals surface area contributed by atoms with Gasteiger partial charge in [0, 0.05) is 34.5 Å². The van der Waals surface area contributed by atoms with Crippen LogP contribution in [0.1, 0.15) is 25.3 Å². The zero-order valence-corrected chi connectivity index (χ0v) is 17.7. The average molecular weight is 426 g/mol. The predicted octanol–water partition coefficient (Wildman–Crippen LogP) is 6.51. The molecule has 0 N–H and O–H groups in total. The molecule has 0 radical (unpaired) electrons. The highest BCUT2D eigenvalue weighted by Crippen LogP contribution is 2.37. The van der Waals surface area contributed by atoms with E-state index < -0.39 is 0 Å². The Kier molecular flexibility index (Phi) is 4.76. The summed E-state index contributed by atoms with van der Waals surface area (Å²) in [6, 6.07) is 13.9. The van der Waals surface area contributed by atoms with Crippen molar-refractivity contribution in [3.63, 3.8) is 0 Å². The monoisotopic (exact) mass is 425 g/mol. The van der Waals surface area contributed by atoms with Gasteiger partial charge in [-0.15, -0.1) is 5.10 Å². The molecule has 1 aliphatic heterocycles. The molecule has 6 heteroatoms. The molecule has 0 saturated heterocycles. The normalized spacial score (nSPS) is 13.6. The molecule has 2 aromatic carbocycles. The van der Waals surface area contributed by atoms with Crippen LogP contribution < -0.4 is 4.74 Å². The van der Waals surface area contributed by atoms with E-state index >= 15 is 0 Å². The molecule has 148 valence electrons. The fourth-order valence-corrected chi connectivity index (χ4v) is 4.68. The zero-order valence-electron chi connectivity index (χ0n) is 16.2. The van der Waals surface area contributed by atoms with E-state index in [1.54, 1.807) is 6.07 Å². The van der Waals surface area contributed by atoms with Crippen LogP contribution in [0, 0.1) is 0 Å². The van der Waals surface area contributed by atoms with Crippen LogP contribution in [0.25, 0.3) is 28.2 Å². The van der Waals surface area contributed by atoms with Crippen LogP contribution in [0.15, 0.2) is 48.7 Å². The zero-order chi connectivity index (χ0) is 20.0. The Labute approximate surface area is 179 Å². The summed E-state index contributed by atoms with van der Waals surface area (Å²) in [4.78, 5) is 0. The second-order valence-corrected chi connectivity index (χ2v) is 8.15. The summed E-state index contributed by atoms with van der Waals surface area (Å²) in [5.41, 5.74) is 5.84. The Morgan fingerprint density at radius 3 is 2.62 bits per heavy atom. The molecule has 29 heavy (non-hydrogen) atoms. The molecule has 0 atom stereocenters. The van der Waals surface area contributed by atoms with Crippen molar-refractivity contribution in [2.24, 2.45) is 0 Å². The topological polar surface area (TPSA) is 31.5 Å². The second-order valence-electron chi connectivity index (χ2n) is 7.30. The van der Waals surface area contributed by atoms with Crippen molar-refractivity contribution in [2.45, 2.75) is 32.7 Å². The van der Waals surface area contributed by atoms with E-state index in [1.165, 1.54) is 16.7 Å². The molecular formula is C23H21Cl2N3O. The minimum atomic E-state index is 0.625. The quantitative estimate of drug-likeness (QED) is 0.373. The van der Waals surface area contributed by atoms with E-state index in [9.17, 15) is 0 Å². The van der Waals surface area contributed by atoms with Gasteiger partial charge in [-0.1, -0.05) is 35.3 Å². The van der Waals surface area contributed by atoms with Gasteiger partial charge in [-0.05, 0) is 62.1 Å². The van der Waals surface area contributed by atoms with Gasteiger partial charge >= 0.3 is 0 Å². The van der Waals surface area contributed by atoms with Crippen LogP contribution in [-0.4, -0.2) is 20.8 Å². The molecule has 0 saturated carbocycles. The van der Waals surface area contributed by atoms with Gasteiger partial charge in [-0.3, -0.25) is 0 Å². The fourth-order valence-electron chi connectivity index (χ4n) is 4.19. The molecule has 0 unspecified atom stereocenters. The first kappa shape index (κ1) is 18.6. The van der Waals surface area contributed by atoms with Gasteiger partial charge in [-0.2, -0.15) is 0 Å². The van der Waals surface area contributed by atoms with Crippen molar-refractivity contribution >= 4 is 28.8 Å². The van der Waals surface area contributed by atoms with Gasteiger partial charge in [0.2, 0.25) is 0 Å². The average Bonchev–Trinajstić information content (AvgIpc) is 3.13. The Balaban J connectivity index is 1.66. The van der Waals surface area contributed by atoms with Crippen molar-refractivity contribution in [2.75, 3.05) is 6.61 Å². The van der Waals surface area contributed by atoms with Gasteiger partial charge in [0.1, 0.15) is 11.4 Å². The van der Waals surface area contributed by atoms with Gasteiger partial charge in [0.15, 0.2) is 5.82 Å². The number of halogens is 2. The maximum absolute atomic E-state index is 6.49. The van der Waals surface area contributed by atoms with Crippen LogP contribution in [0.5, 0.6) is 5.75 Å². The smallest absolute Gasteiger partial charge is 0.163 e. The Morgan fingerprint density at radius 1 is 1.03 bits per heavy atom. The highest BCUT2D eigenvalue weighted by molar-refractivity contribution is 6.36. The Bertz CT molecular complexity index is 1190. The molecule has 0 amide bonds. The number of aromatic nitrogens is 3. The first-order valence-corrected chi connectivity index (χ1v) is 10.7. The van der Waals surface area contributed by atoms with Gasteiger partial charge in [0.25, 0.3) is 0 Å². The minimum Gasteiger partial charge on any atom is -0.494 e. The van der Waals surface area contributed by atoms with Crippen molar-refractivity contribution in [3.8, 4) is 28.3 Å². The maximum Gasteiger partial charge on any atom is 0.163 e. The van der Waals surface area contributed by atoms with E-state index in [4.69, 9.17) is 33.0 Å². The number of benzene rings is 2. The van der Waals surface area contributed by atoms with Crippen LogP contribution in [0.3, 0.4) is 0 Å². The summed E-state index contributed by atoms with van der Waals surface area (Å²) in [6.07, 6.45) is 5.44. The molecule has 0 aliphatic carbocycles. The number of nitrogens with zero attached hydrogens (tertiary/aromatic N) is 3. The predicted molar refractivity (Wildman–Crippen MR) is 118 cm³/mol. The minimum absolute atomic E-state index is 0.625. The second kappa shape index (κ2) is 7.43. The van der Waals surface area contributed by atoms with Gasteiger partial charge in [0.05, 0.1) is 11.6 Å².